The lowest BCUT2D eigenvalue weighted by atomic mass is 10.3. The van der Waals surface area contributed by atoms with E-state index in [1.807, 2.05) is 13.8 Å². The lowest BCUT2D eigenvalue weighted by Crippen LogP contribution is -2.29. The van der Waals surface area contributed by atoms with Gasteiger partial charge in [0.25, 0.3) is 0 Å². The number of thiazole rings is 1. The minimum absolute atomic E-state index is 0.254. The van der Waals surface area contributed by atoms with Crippen LogP contribution >= 0.6 is 11.3 Å². The summed E-state index contributed by atoms with van der Waals surface area (Å²) in [5.41, 5.74) is 1.36. The van der Waals surface area contributed by atoms with E-state index >= 15 is 0 Å². The number of rotatable bonds is 5. The van der Waals surface area contributed by atoms with Gasteiger partial charge in [-0.15, -0.1) is 11.3 Å². The van der Waals surface area contributed by atoms with Crippen LogP contribution < -0.4 is 9.04 Å². The molecule has 0 N–H and O–H groups in total. The summed E-state index contributed by atoms with van der Waals surface area (Å²) in [6.45, 7) is 4.04. The van der Waals surface area contributed by atoms with Gasteiger partial charge in [0.15, 0.2) is 0 Å². The van der Waals surface area contributed by atoms with E-state index in [0.29, 0.717) is 11.6 Å². The van der Waals surface area contributed by atoms with Crippen molar-refractivity contribution < 1.29 is 13.2 Å². The van der Waals surface area contributed by atoms with E-state index in [0.717, 1.165) is 15.6 Å². The number of ether oxygens (including phenoxy) is 1. The highest BCUT2D eigenvalue weighted by atomic mass is 32.2. The summed E-state index contributed by atoms with van der Waals surface area (Å²) < 4.78 is 30.4. The van der Waals surface area contributed by atoms with Gasteiger partial charge in [-0.3, -0.25) is 4.31 Å². The zero-order chi connectivity index (χ0) is 15.6. The molecule has 8 heteroatoms. The molecule has 0 fully saturated rings. The number of sulfonamides is 1. The first kappa shape index (κ1) is 15.7. The van der Waals surface area contributed by atoms with Crippen LogP contribution in [-0.4, -0.2) is 31.8 Å². The molecule has 114 valence electrons. The molecule has 2 rings (SSSR count). The van der Waals surface area contributed by atoms with Crippen LogP contribution in [0.2, 0.25) is 0 Å². The van der Waals surface area contributed by atoms with E-state index in [4.69, 9.17) is 4.74 Å². The minimum atomic E-state index is -3.41. The SMILES string of the molecule is COc1ccc(N(Cc2sc(C)nc2C)S(C)(=O)=O)cn1. The molecule has 0 radical (unpaired) electrons. The predicted molar refractivity (Wildman–Crippen MR) is 83.4 cm³/mol. The maximum atomic E-state index is 12.1. The second kappa shape index (κ2) is 5.98. The molecular formula is C13H17N3O3S2. The van der Waals surface area contributed by atoms with Gasteiger partial charge in [-0.25, -0.2) is 18.4 Å². The average Bonchev–Trinajstić information content (AvgIpc) is 2.73. The number of anilines is 1. The van der Waals surface area contributed by atoms with Crippen molar-refractivity contribution >= 4 is 27.0 Å². The van der Waals surface area contributed by atoms with Crippen molar-refractivity contribution in [3.05, 3.63) is 33.9 Å². The predicted octanol–water partition coefficient (Wildman–Crippen LogP) is 2.13. The van der Waals surface area contributed by atoms with Gasteiger partial charge in [-0.2, -0.15) is 0 Å². The number of nitrogens with zero attached hydrogens (tertiary/aromatic N) is 3. The fourth-order valence-electron chi connectivity index (χ4n) is 1.89. The molecule has 2 aromatic heterocycles. The van der Waals surface area contributed by atoms with E-state index in [1.54, 1.807) is 12.1 Å². The topological polar surface area (TPSA) is 72.4 Å². The first-order chi connectivity index (χ1) is 9.81. The fraction of sp³-hybridized carbons (Fsp3) is 0.385. The van der Waals surface area contributed by atoms with Crippen molar-refractivity contribution in [2.45, 2.75) is 20.4 Å². The van der Waals surface area contributed by atoms with Crippen LogP contribution in [0.15, 0.2) is 18.3 Å². The maximum absolute atomic E-state index is 12.1. The van der Waals surface area contributed by atoms with E-state index in [1.165, 1.54) is 35.2 Å². The second-order valence-corrected chi connectivity index (χ2v) is 7.76. The van der Waals surface area contributed by atoms with Crippen LogP contribution in [0.1, 0.15) is 15.6 Å². The summed E-state index contributed by atoms with van der Waals surface area (Å²) in [5, 5.41) is 0.920. The zero-order valence-corrected chi connectivity index (χ0v) is 14.0. The third-order valence-electron chi connectivity index (χ3n) is 2.90. The Hall–Kier alpha value is -1.67. The largest absolute Gasteiger partial charge is 0.481 e. The Kier molecular flexibility index (Phi) is 4.48. The smallest absolute Gasteiger partial charge is 0.232 e. The number of methoxy groups -OCH3 is 1. The Bertz CT molecular complexity index is 724. The summed E-state index contributed by atoms with van der Waals surface area (Å²) >= 11 is 1.50. The highest BCUT2D eigenvalue weighted by molar-refractivity contribution is 7.92. The first-order valence-corrected chi connectivity index (χ1v) is 8.88. The Morgan fingerprint density at radius 2 is 2.05 bits per heavy atom. The lowest BCUT2D eigenvalue weighted by molar-refractivity contribution is 0.398. The third kappa shape index (κ3) is 3.70. The van der Waals surface area contributed by atoms with Gasteiger partial charge < -0.3 is 4.74 Å². The molecular weight excluding hydrogens is 310 g/mol. The van der Waals surface area contributed by atoms with Crippen LogP contribution in [0.4, 0.5) is 5.69 Å². The molecule has 0 amide bonds. The Morgan fingerprint density at radius 3 is 2.48 bits per heavy atom. The van der Waals surface area contributed by atoms with Crippen LogP contribution in [0.3, 0.4) is 0 Å². The van der Waals surface area contributed by atoms with Gasteiger partial charge in [0.1, 0.15) is 0 Å². The van der Waals surface area contributed by atoms with Crippen LogP contribution in [0.25, 0.3) is 0 Å². The van der Waals surface area contributed by atoms with Crippen molar-refractivity contribution in [3.8, 4) is 5.88 Å². The summed E-state index contributed by atoms with van der Waals surface area (Å²) in [6, 6.07) is 3.31. The number of aryl methyl sites for hydroxylation is 2. The monoisotopic (exact) mass is 327 g/mol. The van der Waals surface area contributed by atoms with E-state index < -0.39 is 10.0 Å². The van der Waals surface area contributed by atoms with Crippen molar-refractivity contribution in [2.75, 3.05) is 17.7 Å². The quantitative estimate of drug-likeness (QED) is 0.841. The molecule has 0 aliphatic heterocycles. The highest BCUT2D eigenvalue weighted by Crippen LogP contribution is 2.25. The third-order valence-corrected chi connectivity index (χ3v) is 5.10. The highest BCUT2D eigenvalue weighted by Gasteiger charge is 2.20. The molecule has 2 aromatic rings. The molecule has 0 saturated carbocycles. The van der Waals surface area contributed by atoms with Gasteiger partial charge in [0, 0.05) is 10.9 Å². The van der Waals surface area contributed by atoms with E-state index in [2.05, 4.69) is 9.97 Å². The summed E-state index contributed by atoms with van der Waals surface area (Å²) in [5.74, 6) is 0.442. The van der Waals surface area contributed by atoms with Crippen molar-refractivity contribution in [3.63, 3.8) is 0 Å². The maximum Gasteiger partial charge on any atom is 0.232 e. The molecule has 0 spiro atoms. The number of hydrogen-bond acceptors (Lipinski definition) is 6. The Morgan fingerprint density at radius 1 is 1.33 bits per heavy atom. The van der Waals surface area contributed by atoms with Crippen LogP contribution in [-0.2, 0) is 16.6 Å². The molecule has 21 heavy (non-hydrogen) atoms. The van der Waals surface area contributed by atoms with Crippen LogP contribution in [0, 0.1) is 13.8 Å². The molecule has 0 saturated heterocycles. The van der Waals surface area contributed by atoms with Crippen LogP contribution in [0.5, 0.6) is 5.88 Å². The van der Waals surface area contributed by atoms with Crippen molar-refractivity contribution in [2.24, 2.45) is 0 Å². The number of hydrogen-bond donors (Lipinski definition) is 0. The second-order valence-electron chi connectivity index (χ2n) is 4.57. The molecule has 0 aliphatic rings. The average molecular weight is 327 g/mol. The minimum Gasteiger partial charge on any atom is -0.481 e. The molecule has 0 aliphatic carbocycles. The van der Waals surface area contributed by atoms with Gasteiger partial charge in [-0.05, 0) is 19.9 Å². The summed E-state index contributed by atoms with van der Waals surface area (Å²) in [4.78, 5) is 9.31. The summed E-state index contributed by atoms with van der Waals surface area (Å²) in [7, 11) is -1.90. The molecule has 0 unspecified atom stereocenters. The molecule has 6 nitrogen and oxygen atoms in total. The number of aromatic nitrogens is 2. The normalized spacial score (nSPS) is 11.4. The molecule has 0 atom stereocenters. The lowest BCUT2D eigenvalue weighted by Gasteiger charge is -2.21. The van der Waals surface area contributed by atoms with E-state index in [-0.39, 0.29) is 6.54 Å². The van der Waals surface area contributed by atoms with Crippen molar-refractivity contribution in [1.82, 2.24) is 9.97 Å². The van der Waals surface area contributed by atoms with E-state index in [9.17, 15) is 8.42 Å². The molecule has 0 aromatic carbocycles. The van der Waals surface area contributed by atoms with Gasteiger partial charge in [-0.1, -0.05) is 0 Å². The van der Waals surface area contributed by atoms with Gasteiger partial charge >= 0.3 is 0 Å². The zero-order valence-electron chi connectivity index (χ0n) is 12.3. The molecule has 2 heterocycles. The Labute approximate surface area is 128 Å². The molecule has 0 bridgehead atoms. The van der Waals surface area contributed by atoms with Crippen molar-refractivity contribution in [1.29, 1.82) is 0 Å². The van der Waals surface area contributed by atoms with Gasteiger partial charge in [0.05, 0.1) is 42.5 Å². The van der Waals surface area contributed by atoms with Gasteiger partial charge in [0.2, 0.25) is 15.9 Å². The fourth-order valence-corrected chi connectivity index (χ4v) is 3.75. The standard InChI is InChI=1S/C13H17N3O3S2/c1-9-12(20-10(2)15-9)8-16(21(4,17)18)11-5-6-13(19-3)14-7-11/h5-7H,8H2,1-4H3. The Balaban J connectivity index is 2.37. The number of pyridine rings is 1. The summed E-state index contributed by atoms with van der Waals surface area (Å²) in [6.07, 6.45) is 2.67. The first-order valence-electron chi connectivity index (χ1n) is 6.22.